The summed E-state index contributed by atoms with van der Waals surface area (Å²) in [6.07, 6.45) is 2.13. The van der Waals surface area contributed by atoms with Gasteiger partial charge in [0.1, 0.15) is 33.6 Å². The zero-order valence-corrected chi connectivity index (χ0v) is 54.2. The standard InChI is InChI=1S/2C20H28BrN3O4.C20H29N3O4/c1-19(2,3)27-17(25)23-11-16(24-18(26)28-20(4,5)6)14-10-22-15-8-7-12(21)9-13(14)15;1-19(2,3)27-17(25)23-11-16(24-18(26)28-20(4,5)6)14-10-22-15-9-12(21)7-8-13(14)15;1-19(2,3)26-17(24)22-12-16(23-18(25)27-20(4,5)6)14-11-21-15-10-8-7-9-13(14)15/h2*7-10,16,22H,11H2,1-6H3,(H,23,25)(H,24,26);7-11,16,21H,12H2,1-6H3,(H,22,24)(H,23,25). The van der Waals surface area contributed by atoms with Gasteiger partial charge in [0, 0.05) is 96.6 Å². The molecule has 9 N–H and O–H groups in total. The Balaban J connectivity index is 0.000000267. The fourth-order valence-corrected chi connectivity index (χ4v) is 8.48. The number of alkyl carbamates (subject to hydrolysis) is 6. The Morgan fingerprint density at radius 2 is 0.663 bits per heavy atom. The van der Waals surface area contributed by atoms with Crippen LogP contribution in [0.1, 0.15) is 159 Å². The van der Waals surface area contributed by atoms with E-state index in [0.29, 0.717) is 0 Å². The summed E-state index contributed by atoms with van der Waals surface area (Å²) >= 11 is 6.92. The first-order chi connectivity index (χ1) is 38.1. The summed E-state index contributed by atoms with van der Waals surface area (Å²) in [6.45, 7) is 32.8. The maximum atomic E-state index is 12.3. The highest BCUT2D eigenvalue weighted by Crippen LogP contribution is 2.30. The first-order valence-corrected chi connectivity index (χ1v) is 28.7. The smallest absolute Gasteiger partial charge is 0.408 e. The van der Waals surface area contributed by atoms with Gasteiger partial charge in [0.15, 0.2) is 0 Å². The molecule has 456 valence electrons. The Hall–Kier alpha value is -7.14. The van der Waals surface area contributed by atoms with E-state index in [4.69, 9.17) is 28.4 Å². The number of fused-ring (bicyclic) bond motifs is 3. The minimum absolute atomic E-state index is 0.146. The average Bonchev–Trinajstić information content (AvgIpc) is 4.11. The van der Waals surface area contributed by atoms with E-state index in [9.17, 15) is 28.8 Å². The third-order valence-electron chi connectivity index (χ3n) is 10.7. The van der Waals surface area contributed by atoms with Crippen LogP contribution in [0.4, 0.5) is 28.8 Å². The summed E-state index contributed by atoms with van der Waals surface area (Å²) in [5.74, 6) is 0. The first-order valence-electron chi connectivity index (χ1n) is 27.1. The van der Waals surface area contributed by atoms with Crippen LogP contribution in [-0.4, -0.2) is 105 Å². The van der Waals surface area contributed by atoms with E-state index in [1.165, 1.54) is 0 Å². The van der Waals surface area contributed by atoms with Gasteiger partial charge < -0.3 is 75.3 Å². The van der Waals surface area contributed by atoms with Gasteiger partial charge in [0.05, 0.1) is 18.1 Å². The van der Waals surface area contributed by atoms with Crippen molar-refractivity contribution in [2.75, 3.05) is 19.6 Å². The largest absolute Gasteiger partial charge is 0.444 e. The molecule has 0 spiro atoms. The molecular formula is C60H85Br2N9O12. The van der Waals surface area contributed by atoms with Crippen molar-refractivity contribution in [1.82, 2.24) is 46.9 Å². The van der Waals surface area contributed by atoms with Crippen LogP contribution in [0, 0.1) is 0 Å². The molecule has 23 heteroatoms. The fraction of sp³-hybridized carbons (Fsp3) is 0.500. The van der Waals surface area contributed by atoms with Crippen molar-refractivity contribution < 1.29 is 57.2 Å². The van der Waals surface area contributed by atoms with Crippen LogP contribution >= 0.6 is 31.9 Å². The predicted molar refractivity (Wildman–Crippen MR) is 329 cm³/mol. The third-order valence-corrected chi connectivity index (χ3v) is 11.7. The molecule has 21 nitrogen and oxygen atoms in total. The summed E-state index contributed by atoms with van der Waals surface area (Å²) in [5, 5.41) is 19.5. The molecule has 0 saturated carbocycles. The molecule has 3 heterocycles. The number of aromatic nitrogens is 3. The lowest BCUT2D eigenvalue weighted by atomic mass is 10.1. The highest BCUT2D eigenvalue weighted by atomic mass is 79.9. The second kappa shape index (κ2) is 28.4. The van der Waals surface area contributed by atoms with Gasteiger partial charge in [0.2, 0.25) is 0 Å². The minimum Gasteiger partial charge on any atom is -0.444 e. The number of rotatable bonds is 12. The highest BCUT2D eigenvalue weighted by Gasteiger charge is 2.28. The second-order valence-electron chi connectivity index (χ2n) is 25.4. The lowest BCUT2D eigenvalue weighted by Gasteiger charge is -2.25. The zero-order chi connectivity index (χ0) is 62.5. The molecule has 0 radical (unpaired) electrons. The SMILES string of the molecule is CC(C)(C)OC(=O)NCC(NC(=O)OC(C)(C)C)c1c[nH]c2cc(Br)ccc12.CC(C)(C)OC(=O)NCC(NC(=O)OC(C)(C)C)c1c[nH]c2ccc(Br)cc12.CC(C)(C)OC(=O)NCC(NC(=O)OC(C)(C)C)c1c[nH]c2ccccc12. The number of hydrogen-bond acceptors (Lipinski definition) is 12. The number of nitrogens with one attached hydrogen (secondary N) is 9. The average molecular weight is 1280 g/mol. The molecule has 6 rings (SSSR count). The summed E-state index contributed by atoms with van der Waals surface area (Å²) < 4.78 is 33.8. The molecule has 6 aromatic rings. The van der Waals surface area contributed by atoms with Crippen LogP contribution in [-0.2, 0) is 28.4 Å². The van der Waals surface area contributed by atoms with Gasteiger partial charge in [-0.25, -0.2) is 28.8 Å². The van der Waals surface area contributed by atoms with Crippen molar-refractivity contribution in [2.45, 2.75) is 176 Å². The third kappa shape index (κ3) is 25.1. The molecule has 0 bridgehead atoms. The van der Waals surface area contributed by atoms with E-state index >= 15 is 0 Å². The number of halogens is 2. The van der Waals surface area contributed by atoms with Gasteiger partial charge in [-0.1, -0.05) is 56.1 Å². The normalized spacial score (nSPS) is 13.1. The molecule has 0 aliphatic rings. The van der Waals surface area contributed by atoms with Crippen molar-refractivity contribution in [1.29, 1.82) is 0 Å². The number of aromatic amines is 3. The topological polar surface area (TPSA) is 277 Å². The first kappa shape index (κ1) is 68.4. The molecule has 3 unspecified atom stereocenters. The summed E-state index contributed by atoms with van der Waals surface area (Å²) in [6, 6.07) is 17.9. The van der Waals surface area contributed by atoms with Gasteiger partial charge in [0.25, 0.3) is 0 Å². The Bertz CT molecular complexity index is 3160. The van der Waals surface area contributed by atoms with E-state index in [1.807, 2.05) is 79.3 Å². The number of hydrogen-bond donors (Lipinski definition) is 9. The van der Waals surface area contributed by atoms with E-state index in [1.54, 1.807) is 125 Å². The number of carbonyl (C=O) groups is 6. The molecule has 3 aromatic heterocycles. The lowest BCUT2D eigenvalue weighted by molar-refractivity contribution is 0.0463. The Morgan fingerprint density at radius 1 is 0.373 bits per heavy atom. The second-order valence-corrected chi connectivity index (χ2v) is 27.2. The van der Waals surface area contributed by atoms with E-state index < -0.39 is 88.3 Å². The summed E-state index contributed by atoms with van der Waals surface area (Å²) in [4.78, 5) is 82.7. The molecule has 0 aliphatic carbocycles. The molecule has 0 fully saturated rings. The maximum Gasteiger partial charge on any atom is 0.408 e. The van der Waals surface area contributed by atoms with Crippen molar-refractivity contribution in [3.8, 4) is 0 Å². The van der Waals surface area contributed by atoms with Crippen LogP contribution in [0.15, 0.2) is 88.2 Å². The van der Waals surface area contributed by atoms with Gasteiger partial charge >= 0.3 is 36.6 Å². The number of benzene rings is 3. The Kier molecular flexibility index (Phi) is 23.4. The van der Waals surface area contributed by atoms with Gasteiger partial charge in [-0.3, -0.25) is 0 Å². The van der Waals surface area contributed by atoms with E-state index in [-0.39, 0.29) is 19.6 Å². The van der Waals surface area contributed by atoms with Crippen molar-refractivity contribution in [3.63, 3.8) is 0 Å². The summed E-state index contributed by atoms with van der Waals surface area (Å²) in [5.41, 5.74) is 1.62. The van der Waals surface area contributed by atoms with Crippen molar-refractivity contribution >= 4 is 101 Å². The quantitative estimate of drug-likeness (QED) is 0.0518. The number of ether oxygens (including phenoxy) is 6. The Labute approximate surface area is 503 Å². The van der Waals surface area contributed by atoms with Crippen LogP contribution in [0.3, 0.4) is 0 Å². The number of carbonyl (C=O) groups excluding carboxylic acids is 6. The predicted octanol–water partition coefficient (Wildman–Crippen LogP) is 14.3. The summed E-state index contributed by atoms with van der Waals surface area (Å²) in [7, 11) is 0. The molecule has 83 heavy (non-hydrogen) atoms. The van der Waals surface area contributed by atoms with Gasteiger partial charge in [-0.15, -0.1) is 0 Å². The minimum atomic E-state index is -0.629. The number of para-hydroxylation sites is 1. The van der Waals surface area contributed by atoms with Crippen LogP contribution < -0.4 is 31.9 Å². The number of amides is 6. The molecular weight excluding hydrogens is 1200 g/mol. The highest BCUT2D eigenvalue weighted by molar-refractivity contribution is 9.10. The zero-order valence-electron chi connectivity index (χ0n) is 51.0. The van der Waals surface area contributed by atoms with Crippen LogP contribution in [0.2, 0.25) is 0 Å². The molecule has 6 amide bonds. The lowest BCUT2D eigenvalue weighted by Crippen LogP contribution is -2.41. The van der Waals surface area contributed by atoms with E-state index in [2.05, 4.69) is 78.7 Å². The van der Waals surface area contributed by atoms with E-state index in [0.717, 1.165) is 58.3 Å². The van der Waals surface area contributed by atoms with Crippen molar-refractivity contribution in [2.24, 2.45) is 0 Å². The fourth-order valence-electron chi connectivity index (χ4n) is 7.76. The maximum absolute atomic E-state index is 12.3. The van der Waals surface area contributed by atoms with Gasteiger partial charge in [-0.05, 0) is 161 Å². The number of H-pyrrole nitrogens is 3. The Morgan fingerprint density at radius 3 is 1.04 bits per heavy atom. The molecule has 3 aromatic carbocycles. The van der Waals surface area contributed by atoms with Crippen molar-refractivity contribution in [3.05, 3.63) is 105 Å². The van der Waals surface area contributed by atoms with Gasteiger partial charge in [-0.2, -0.15) is 0 Å². The monoisotopic (exact) mass is 1280 g/mol. The molecule has 0 saturated heterocycles. The molecule has 0 aliphatic heterocycles. The molecule has 3 atom stereocenters. The van der Waals surface area contributed by atoms with Crippen LogP contribution in [0.5, 0.6) is 0 Å². The van der Waals surface area contributed by atoms with Crippen LogP contribution in [0.25, 0.3) is 32.7 Å².